The van der Waals surface area contributed by atoms with E-state index in [1.165, 1.54) is 6.08 Å². The zero-order valence-electron chi connectivity index (χ0n) is 16.5. The number of aryl methyl sites for hydroxylation is 1. The molecule has 0 atom stereocenters. The number of carbonyl (C=O) groups is 1. The molecule has 0 unspecified atom stereocenters. The molecule has 1 N–H and O–H groups in total. The van der Waals surface area contributed by atoms with Crippen LogP contribution in [0, 0.1) is 21.8 Å². The minimum atomic E-state index is -0.511. The SMILES string of the molecule is Cc1ccccc1NC(=O)/C(C#N)=C\c1cc(Cl)c(OCc2ccc(I)cc2)c(Cl)c1. The maximum atomic E-state index is 12.5. The van der Waals surface area contributed by atoms with Crippen molar-refractivity contribution >= 4 is 63.5 Å². The van der Waals surface area contributed by atoms with Crippen molar-refractivity contribution in [3.05, 3.63) is 96.5 Å². The van der Waals surface area contributed by atoms with E-state index in [9.17, 15) is 10.1 Å². The number of rotatable bonds is 6. The first kappa shape index (κ1) is 23.1. The minimum Gasteiger partial charge on any atom is -0.486 e. The molecule has 0 aromatic heterocycles. The van der Waals surface area contributed by atoms with Crippen LogP contribution in [0.3, 0.4) is 0 Å². The molecule has 3 rings (SSSR count). The van der Waals surface area contributed by atoms with Gasteiger partial charge in [0.25, 0.3) is 5.91 Å². The van der Waals surface area contributed by atoms with Crippen molar-refractivity contribution in [1.29, 1.82) is 5.26 Å². The number of benzene rings is 3. The van der Waals surface area contributed by atoms with Gasteiger partial charge in [-0.05, 0) is 82.6 Å². The van der Waals surface area contributed by atoms with Gasteiger partial charge in [-0.25, -0.2) is 0 Å². The molecule has 0 spiro atoms. The summed E-state index contributed by atoms with van der Waals surface area (Å²) < 4.78 is 6.92. The molecular weight excluding hydrogens is 546 g/mol. The highest BCUT2D eigenvalue weighted by Gasteiger charge is 2.14. The fourth-order valence-electron chi connectivity index (χ4n) is 2.75. The first-order valence-electron chi connectivity index (χ1n) is 9.22. The predicted molar refractivity (Wildman–Crippen MR) is 133 cm³/mol. The van der Waals surface area contributed by atoms with Gasteiger partial charge in [0.2, 0.25) is 0 Å². The number of amides is 1. The Labute approximate surface area is 204 Å². The quantitative estimate of drug-likeness (QED) is 0.199. The predicted octanol–water partition coefficient (Wildman–Crippen LogP) is 7.03. The van der Waals surface area contributed by atoms with Crippen LogP contribution in [0.15, 0.2) is 66.2 Å². The highest BCUT2D eigenvalue weighted by Crippen LogP contribution is 2.35. The number of carbonyl (C=O) groups excluding carboxylic acids is 1. The molecule has 0 fully saturated rings. The van der Waals surface area contributed by atoms with Crippen LogP contribution in [0.5, 0.6) is 5.75 Å². The number of nitrogens with one attached hydrogen (secondary N) is 1. The Kier molecular flexibility index (Phi) is 7.97. The summed E-state index contributed by atoms with van der Waals surface area (Å²) in [6, 6.07) is 20.4. The lowest BCUT2D eigenvalue weighted by molar-refractivity contribution is -0.112. The van der Waals surface area contributed by atoms with Crippen LogP contribution >= 0.6 is 45.8 Å². The molecule has 0 radical (unpaired) electrons. The number of hydrogen-bond donors (Lipinski definition) is 1. The Morgan fingerprint density at radius 2 is 1.77 bits per heavy atom. The number of ether oxygens (including phenoxy) is 1. The highest BCUT2D eigenvalue weighted by molar-refractivity contribution is 14.1. The first-order chi connectivity index (χ1) is 14.9. The Morgan fingerprint density at radius 3 is 2.39 bits per heavy atom. The molecule has 156 valence electrons. The second-order valence-corrected chi connectivity index (χ2v) is 8.73. The zero-order valence-corrected chi connectivity index (χ0v) is 20.1. The standard InChI is InChI=1S/C24H17Cl2IN2O2/c1-15-4-2-3-5-22(15)29-24(30)18(13-28)10-17-11-20(25)23(21(26)12-17)31-14-16-6-8-19(27)9-7-16/h2-12H,14H2,1H3,(H,29,30)/b18-10-. The van der Waals surface area contributed by atoms with Crippen LogP contribution in [0.4, 0.5) is 5.69 Å². The number of para-hydroxylation sites is 1. The molecule has 0 aliphatic rings. The van der Waals surface area contributed by atoms with Crippen LogP contribution in [-0.2, 0) is 11.4 Å². The van der Waals surface area contributed by atoms with E-state index in [0.29, 0.717) is 33.7 Å². The van der Waals surface area contributed by atoms with Gasteiger partial charge in [-0.3, -0.25) is 4.79 Å². The van der Waals surface area contributed by atoms with E-state index < -0.39 is 5.91 Å². The fraction of sp³-hybridized carbons (Fsp3) is 0.0833. The van der Waals surface area contributed by atoms with Crippen LogP contribution in [-0.4, -0.2) is 5.91 Å². The summed E-state index contributed by atoms with van der Waals surface area (Å²) in [5.41, 5.74) is 2.98. The second-order valence-electron chi connectivity index (χ2n) is 6.67. The lowest BCUT2D eigenvalue weighted by Crippen LogP contribution is -2.14. The second kappa shape index (κ2) is 10.7. The molecule has 0 bridgehead atoms. The topological polar surface area (TPSA) is 62.1 Å². The van der Waals surface area contributed by atoms with Gasteiger partial charge < -0.3 is 10.1 Å². The Hall–Kier alpha value is -2.53. The molecular formula is C24H17Cl2IN2O2. The molecule has 3 aromatic carbocycles. The highest BCUT2D eigenvalue weighted by atomic mass is 127. The Bertz CT molecular complexity index is 1160. The third kappa shape index (κ3) is 6.23. The zero-order chi connectivity index (χ0) is 22.4. The number of nitriles is 1. The van der Waals surface area contributed by atoms with E-state index >= 15 is 0 Å². The Balaban J connectivity index is 1.78. The molecule has 4 nitrogen and oxygen atoms in total. The largest absolute Gasteiger partial charge is 0.486 e. The first-order valence-corrected chi connectivity index (χ1v) is 11.1. The van der Waals surface area contributed by atoms with Gasteiger partial charge in [0.1, 0.15) is 18.2 Å². The van der Waals surface area contributed by atoms with Crippen molar-refractivity contribution in [2.75, 3.05) is 5.32 Å². The molecule has 0 aliphatic heterocycles. The van der Waals surface area contributed by atoms with Crippen molar-refractivity contribution in [3.8, 4) is 11.8 Å². The summed E-state index contributed by atoms with van der Waals surface area (Å²) >= 11 is 15.0. The summed E-state index contributed by atoms with van der Waals surface area (Å²) in [6.45, 7) is 2.19. The van der Waals surface area contributed by atoms with Gasteiger partial charge in [0, 0.05) is 9.26 Å². The smallest absolute Gasteiger partial charge is 0.266 e. The molecule has 0 aliphatic carbocycles. The van der Waals surface area contributed by atoms with Crippen LogP contribution in [0.2, 0.25) is 10.0 Å². The van der Waals surface area contributed by atoms with Crippen LogP contribution < -0.4 is 10.1 Å². The molecule has 1 amide bonds. The van der Waals surface area contributed by atoms with Crippen molar-refractivity contribution < 1.29 is 9.53 Å². The summed E-state index contributed by atoms with van der Waals surface area (Å²) in [6.07, 6.45) is 1.44. The number of anilines is 1. The summed E-state index contributed by atoms with van der Waals surface area (Å²) in [7, 11) is 0. The number of halogens is 3. The van der Waals surface area contributed by atoms with Crippen LogP contribution in [0.25, 0.3) is 6.08 Å². The minimum absolute atomic E-state index is 0.0667. The fourth-order valence-corrected chi connectivity index (χ4v) is 3.73. The maximum absolute atomic E-state index is 12.5. The van der Waals surface area contributed by atoms with Gasteiger partial charge >= 0.3 is 0 Å². The van der Waals surface area contributed by atoms with Crippen LogP contribution in [0.1, 0.15) is 16.7 Å². The molecule has 0 heterocycles. The van der Waals surface area contributed by atoms with Gasteiger partial charge in [-0.15, -0.1) is 0 Å². The Morgan fingerprint density at radius 1 is 1.13 bits per heavy atom. The van der Waals surface area contributed by atoms with Gasteiger partial charge in [0.05, 0.1) is 10.0 Å². The monoisotopic (exact) mass is 562 g/mol. The van der Waals surface area contributed by atoms with Gasteiger partial charge in [-0.2, -0.15) is 5.26 Å². The summed E-state index contributed by atoms with van der Waals surface area (Å²) in [4.78, 5) is 12.5. The normalized spacial score (nSPS) is 11.0. The molecule has 31 heavy (non-hydrogen) atoms. The maximum Gasteiger partial charge on any atom is 0.266 e. The van der Waals surface area contributed by atoms with Gasteiger partial charge in [-0.1, -0.05) is 53.5 Å². The van der Waals surface area contributed by atoms with Crippen molar-refractivity contribution in [3.63, 3.8) is 0 Å². The van der Waals surface area contributed by atoms with E-state index in [1.807, 2.05) is 55.5 Å². The van der Waals surface area contributed by atoms with Crippen molar-refractivity contribution in [2.24, 2.45) is 0 Å². The van der Waals surface area contributed by atoms with E-state index in [4.69, 9.17) is 27.9 Å². The number of nitrogens with zero attached hydrogens (tertiary/aromatic N) is 1. The van der Waals surface area contributed by atoms with E-state index in [1.54, 1.807) is 18.2 Å². The lowest BCUT2D eigenvalue weighted by atomic mass is 10.1. The third-order valence-corrected chi connectivity index (χ3v) is 5.67. The summed E-state index contributed by atoms with van der Waals surface area (Å²) in [5.74, 6) is -0.162. The molecule has 0 saturated carbocycles. The van der Waals surface area contributed by atoms with Crippen molar-refractivity contribution in [2.45, 2.75) is 13.5 Å². The molecule has 7 heteroatoms. The van der Waals surface area contributed by atoms with Crippen molar-refractivity contribution in [1.82, 2.24) is 0 Å². The lowest BCUT2D eigenvalue weighted by Gasteiger charge is -2.11. The number of hydrogen-bond acceptors (Lipinski definition) is 3. The van der Waals surface area contributed by atoms with E-state index in [0.717, 1.165) is 14.7 Å². The third-order valence-electron chi connectivity index (χ3n) is 4.39. The van der Waals surface area contributed by atoms with E-state index in [-0.39, 0.29) is 5.57 Å². The van der Waals surface area contributed by atoms with Gasteiger partial charge in [0.15, 0.2) is 5.75 Å². The van der Waals surface area contributed by atoms with E-state index in [2.05, 4.69) is 27.9 Å². The average Bonchev–Trinajstić information content (AvgIpc) is 2.74. The molecule has 0 saturated heterocycles. The molecule has 3 aromatic rings. The average molecular weight is 563 g/mol. The summed E-state index contributed by atoms with van der Waals surface area (Å²) in [5, 5.41) is 12.8.